The van der Waals surface area contributed by atoms with Crippen LogP contribution in [0.15, 0.2) is 0 Å². The number of nitro groups is 2. The van der Waals surface area contributed by atoms with Crippen LogP contribution < -0.4 is 0 Å². The Morgan fingerprint density at radius 1 is 1.26 bits per heavy atom. The third kappa shape index (κ3) is 2.61. The van der Waals surface area contributed by atoms with E-state index >= 15 is 0 Å². The molecule has 0 aromatic carbocycles. The van der Waals surface area contributed by atoms with Gasteiger partial charge in [0.15, 0.2) is 0 Å². The van der Waals surface area contributed by atoms with Crippen molar-refractivity contribution < 1.29 is 18.9 Å². The SMILES string of the molecule is C[C@@H](CCl)OP1(=O)C[C@@](C)([N+](=O)[O-])[C@@](C)([N+](=O)[O-])C1. The van der Waals surface area contributed by atoms with Crippen molar-refractivity contribution in [2.24, 2.45) is 0 Å². The summed E-state index contributed by atoms with van der Waals surface area (Å²) < 4.78 is 17.8. The van der Waals surface area contributed by atoms with E-state index in [9.17, 15) is 24.8 Å². The Morgan fingerprint density at radius 3 is 1.89 bits per heavy atom. The van der Waals surface area contributed by atoms with Gasteiger partial charge >= 0.3 is 0 Å². The zero-order chi connectivity index (χ0) is 15.1. The summed E-state index contributed by atoms with van der Waals surface area (Å²) in [4.78, 5) is 20.9. The lowest BCUT2D eigenvalue weighted by atomic mass is 9.84. The lowest BCUT2D eigenvalue weighted by molar-refractivity contribution is -0.668. The van der Waals surface area contributed by atoms with Crippen molar-refractivity contribution in [3.8, 4) is 0 Å². The van der Waals surface area contributed by atoms with Gasteiger partial charge in [-0.3, -0.25) is 24.8 Å². The molecule has 1 unspecified atom stereocenters. The van der Waals surface area contributed by atoms with Gasteiger partial charge in [-0.05, 0) is 6.92 Å². The van der Waals surface area contributed by atoms with Crippen LogP contribution >= 0.6 is 19.0 Å². The third-order valence-corrected chi connectivity index (χ3v) is 7.03. The summed E-state index contributed by atoms with van der Waals surface area (Å²) in [5.74, 6) is 0.0638. The molecule has 0 N–H and O–H groups in total. The van der Waals surface area contributed by atoms with Crippen molar-refractivity contribution in [3.63, 3.8) is 0 Å². The van der Waals surface area contributed by atoms with Crippen molar-refractivity contribution in [3.05, 3.63) is 20.2 Å². The minimum Gasteiger partial charge on any atom is -0.324 e. The van der Waals surface area contributed by atoms with E-state index in [0.29, 0.717) is 0 Å². The first kappa shape index (κ1) is 16.3. The van der Waals surface area contributed by atoms with Crippen LogP contribution in [-0.2, 0) is 9.09 Å². The summed E-state index contributed by atoms with van der Waals surface area (Å²) in [6, 6.07) is 0. The van der Waals surface area contributed by atoms with E-state index in [0.717, 1.165) is 13.8 Å². The fourth-order valence-corrected chi connectivity index (χ4v) is 6.20. The number of rotatable bonds is 5. The topological polar surface area (TPSA) is 113 Å². The van der Waals surface area contributed by atoms with Gasteiger partial charge in [-0.15, -0.1) is 11.6 Å². The smallest absolute Gasteiger partial charge is 0.297 e. The maximum absolute atomic E-state index is 12.5. The molecule has 1 rings (SSSR count). The summed E-state index contributed by atoms with van der Waals surface area (Å²) in [6.07, 6.45) is -1.48. The molecule has 0 aromatic rings. The fourth-order valence-electron chi connectivity index (χ4n) is 2.27. The maximum atomic E-state index is 12.5. The summed E-state index contributed by atoms with van der Waals surface area (Å²) in [5.41, 5.74) is -3.84. The lowest BCUT2D eigenvalue weighted by Crippen LogP contribution is -2.59. The summed E-state index contributed by atoms with van der Waals surface area (Å²) in [5, 5.41) is 22.4. The van der Waals surface area contributed by atoms with Crippen molar-refractivity contribution in [2.75, 3.05) is 18.2 Å². The molecule has 110 valence electrons. The second kappa shape index (κ2) is 5.00. The highest BCUT2D eigenvalue weighted by Crippen LogP contribution is 2.62. The van der Waals surface area contributed by atoms with Gasteiger partial charge in [0.05, 0.1) is 6.10 Å². The van der Waals surface area contributed by atoms with Crippen molar-refractivity contribution in [1.82, 2.24) is 0 Å². The molecule has 8 nitrogen and oxygen atoms in total. The molecule has 19 heavy (non-hydrogen) atoms. The van der Waals surface area contributed by atoms with Gasteiger partial charge in [0.25, 0.3) is 11.1 Å². The van der Waals surface area contributed by atoms with Gasteiger partial charge in [0, 0.05) is 29.6 Å². The molecule has 0 bridgehead atoms. The summed E-state index contributed by atoms with van der Waals surface area (Å²) in [7, 11) is -3.46. The maximum Gasteiger partial charge on any atom is 0.297 e. The van der Waals surface area contributed by atoms with Gasteiger partial charge < -0.3 is 4.52 Å². The van der Waals surface area contributed by atoms with E-state index in [1.165, 1.54) is 0 Å². The molecule has 1 heterocycles. The van der Waals surface area contributed by atoms with Gasteiger partial charge in [-0.1, -0.05) is 0 Å². The average Bonchev–Trinajstić information content (AvgIpc) is 2.48. The number of hydrogen-bond donors (Lipinski definition) is 0. The second-order valence-electron chi connectivity index (χ2n) is 5.26. The van der Waals surface area contributed by atoms with Gasteiger partial charge in [0.1, 0.15) is 12.3 Å². The zero-order valence-electron chi connectivity index (χ0n) is 10.9. The number of halogens is 1. The molecule has 0 amide bonds. The van der Waals surface area contributed by atoms with Crippen LogP contribution in [-0.4, -0.2) is 45.2 Å². The van der Waals surface area contributed by atoms with Crippen LogP contribution in [0.25, 0.3) is 0 Å². The minimum absolute atomic E-state index is 0.0638. The van der Waals surface area contributed by atoms with Crippen LogP contribution in [0.4, 0.5) is 0 Å². The van der Waals surface area contributed by atoms with Crippen LogP contribution in [0.1, 0.15) is 20.8 Å². The largest absolute Gasteiger partial charge is 0.324 e. The third-order valence-electron chi connectivity index (χ3n) is 3.65. The second-order valence-corrected chi connectivity index (χ2v) is 8.04. The quantitative estimate of drug-likeness (QED) is 0.332. The fraction of sp³-hybridized carbons (Fsp3) is 1.00. The van der Waals surface area contributed by atoms with Gasteiger partial charge in [-0.25, -0.2) is 0 Å². The molecule has 0 aliphatic carbocycles. The highest BCUT2D eigenvalue weighted by atomic mass is 35.5. The van der Waals surface area contributed by atoms with E-state index in [2.05, 4.69) is 0 Å². The molecule has 4 atom stereocenters. The Balaban J connectivity index is 3.19. The van der Waals surface area contributed by atoms with Crippen LogP contribution in [0.2, 0.25) is 0 Å². The minimum atomic E-state index is -3.46. The average molecular weight is 315 g/mol. The van der Waals surface area contributed by atoms with E-state index in [4.69, 9.17) is 16.1 Å². The Hall–Kier alpha value is -0.720. The molecule has 1 aliphatic rings. The van der Waals surface area contributed by atoms with Crippen molar-refractivity contribution in [1.29, 1.82) is 0 Å². The standard InChI is InChI=1S/C9H16ClN2O6P/c1-7(4-10)18-19(17)5-8(2,11(13)14)9(3,6-19)12(15)16/h7H,4-6H2,1-3H3/t7-,8-,9+,19?/m0/s1. The summed E-state index contributed by atoms with van der Waals surface area (Å²) >= 11 is 5.55. The Bertz CT molecular complexity index is 428. The molecule has 10 heteroatoms. The number of alkyl halides is 1. The first-order chi connectivity index (χ1) is 8.51. The normalized spacial score (nSPS) is 40.0. The predicted octanol–water partition coefficient (Wildman–Crippen LogP) is 1.99. The lowest BCUT2D eigenvalue weighted by Gasteiger charge is -2.24. The van der Waals surface area contributed by atoms with Crippen molar-refractivity contribution >= 4 is 19.0 Å². The van der Waals surface area contributed by atoms with Crippen LogP contribution in [0.5, 0.6) is 0 Å². The number of nitrogens with zero attached hydrogens (tertiary/aromatic N) is 2. The number of hydrogen-bond acceptors (Lipinski definition) is 6. The van der Waals surface area contributed by atoms with Gasteiger partial charge in [0.2, 0.25) is 7.37 Å². The monoisotopic (exact) mass is 314 g/mol. The highest BCUT2D eigenvalue weighted by molar-refractivity contribution is 7.59. The van der Waals surface area contributed by atoms with E-state index in [-0.39, 0.29) is 5.88 Å². The van der Waals surface area contributed by atoms with E-state index in [1.54, 1.807) is 6.92 Å². The van der Waals surface area contributed by atoms with Crippen LogP contribution in [0, 0.1) is 20.2 Å². The molecular weight excluding hydrogens is 299 g/mol. The molecule has 0 radical (unpaired) electrons. The highest BCUT2D eigenvalue weighted by Gasteiger charge is 2.74. The molecule has 0 spiro atoms. The predicted molar refractivity (Wildman–Crippen MR) is 69.4 cm³/mol. The first-order valence-corrected chi connectivity index (χ1v) is 8.15. The Morgan fingerprint density at radius 2 is 1.63 bits per heavy atom. The Labute approximate surface area is 115 Å². The van der Waals surface area contributed by atoms with Crippen molar-refractivity contribution in [2.45, 2.75) is 38.0 Å². The molecule has 1 aliphatic heterocycles. The van der Waals surface area contributed by atoms with Crippen LogP contribution in [0.3, 0.4) is 0 Å². The molecule has 0 saturated carbocycles. The van der Waals surface area contributed by atoms with E-state index < -0.39 is 46.7 Å². The summed E-state index contributed by atoms with van der Waals surface area (Å²) in [6.45, 7) is 3.85. The zero-order valence-corrected chi connectivity index (χ0v) is 12.5. The van der Waals surface area contributed by atoms with Gasteiger partial charge in [-0.2, -0.15) is 0 Å². The molecule has 1 saturated heterocycles. The molecule has 0 aromatic heterocycles. The van der Waals surface area contributed by atoms with E-state index in [1.807, 2.05) is 0 Å². The molecular formula is C9H16ClN2O6P. The first-order valence-electron chi connectivity index (χ1n) is 5.62. The molecule has 1 fully saturated rings. The Kier molecular flexibility index (Phi) is 4.29.